The van der Waals surface area contributed by atoms with Crippen LogP contribution < -0.4 is 22.5 Å². The molecule has 0 aromatic rings. The van der Waals surface area contributed by atoms with Gasteiger partial charge in [-0.05, 0) is 42.9 Å². The second-order valence-corrected chi connectivity index (χ2v) is 9.27. The van der Waals surface area contributed by atoms with Crippen LogP contribution in [0.5, 0.6) is 0 Å². The van der Waals surface area contributed by atoms with Gasteiger partial charge < -0.3 is 9.84 Å². The molecule has 0 bridgehead atoms. The van der Waals surface area contributed by atoms with Gasteiger partial charge in [-0.3, -0.25) is 20.4 Å². The number of nitrogens with one attached hydrogen (secondary N) is 2. The lowest BCUT2D eigenvalue weighted by atomic mass is 9.63. The number of ether oxygens (including phenoxy) is 1. The quantitative estimate of drug-likeness (QED) is 0.0498. The highest BCUT2D eigenvalue weighted by Crippen LogP contribution is 2.47. The number of isocyanates is 2. The molecule has 12 nitrogen and oxygen atoms in total. The summed E-state index contributed by atoms with van der Waals surface area (Å²) in [6.45, 7) is 11.3. The number of carbonyl (C=O) groups is 2. The van der Waals surface area contributed by atoms with Crippen LogP contribution in [0.1, 0.15) is 65.7 Å². The van der Waals surface area contributed by atoms with Gasteiger partial charge in [-0.15, -0.1) is 6.58 Å². The molecule has 0 aromatic heterocycles. The highest BCUT2D eigenvalue weighted by Gasteiger charge is 2.41. The second kappa shape index (κ2) is 20.6. The zero-order valence-corrected chi connectivity index (χ0v) is 21.2. The molecule has 0 heterocycles. The van der Waals surface area contributed by atoms with E-state index in [0.717, 1.165) is 19.3 Å². The summed E-state index contributed by atoms with van der Waals surface area (Å²) < 4.78 is 4.76. The van der Waals surface area contributed by atoms with E-state index in [4.69, 9.17) is 21.5 Å². The molecule has 1 fully saturated rings. The predicted octanol–water partition coefficient (Wildman–Crippen LogP) is 0.951. The van der Waals surface area contributed by atoms with Gasteiger partial charge in [0.15, 0.2) is 0 Å². The van der Waals surface area contributed by atoms with Crippen LogP contribution in [0.2, 0.25) is 0 Å². The summed E-state index contributed by atoms with van der Waals surface area (Å²) in [7, 11) is 0. The Bertz CT molecular complexity index is 701. The Kier molecular flexibility index (Phi) is 20.3. The number of aliphatic hydroxyl groups excluding tert-OH is 1. The number of nitrogens with two attached hydrogens (primary N) is 2. The van der Waals surface area contributed by atoms with Gasteiger partial charge in [-0.1, -0.05) is 26.8 Å². The molecule has 12 heteroatoms. The van der Waals surface area contributed by atoms with Gasteiger partial charge in [0, 0.05) is 12.8 Å². The molecule has 2 atom stereocenters. The average Bonchev–Trinajstić information content (AvgIpc) is 2.80. The number of hydrogen-bond donors (Lipinski definition) is 5. The fraction of sp³-hybridized carbons (Fsp3) is 0.739. The number of hydrogen-bond acceptors (Lipinski definition) is 10. The van der Waals surface area contributed by atoms with E-state index in [9.17, 15) is 19.2 Å². The van der Waals surface area contributed by atoms with Gasteiger partial charge in [0.1, 0.15) is 0 Å². The maximum atomic E-state index is 10.6. The summed E-state index contributed by atoms with van der Waals surface area (Å²) in [4.78, 5) is 49.2. The Morgan fingerprint density at radius 2 is 1.69 bits per heavy atom. The van der Waals surface area contributed by atoms with Crippen LogP contribution in [0.3, 0.4) is 0 Å². The molecule has 0 radical (unpaired) electrons. The van der Waals surface area contributed by atoms with Crippen molar-refractivity contribution in [2.45, 2.75) is 71.8 Å². The second-order valence-electron chi connectivity index (χ2n) is 9.27. The Labute approximate surface area is 207 Å². The predicted molar refractivity (Wildman–Crippen MR) is 132 cm³/mol. The Morgan fingerprint density at radius 3 is 2.11 bits per heavy atom. The third-order valence-electron chi connectivity index (χ3n) is 5.03. The first-order valence-electron chi connectivity index (χ1n) is 11.4. The van der Waals surface area contributed by atoms with E-state index in [1.54, 1.807) is 18.2 Å². The highest BCUT2D eigenvalue weighted by atomic mass is 16.5. The zero-order chi connectivity index (χ0) is 27.2. The third-order valence-corrected chi connectivity index (χ3v) is 5.03. The summed E-state index contributed by atoms with van der Waals surface area (Å²) >= 11 is 0. The summed E-state index contributed by atoms with van der Waals surface area (Å²) in [5.74, 6) is 9.24. The first-order valence-corrected chi connectivity index (χ1v) is 11.4. The van der Waals surface area contributed by atoms with Gasteiger partial charge in [-0.2, -0.15) is 0 Å². The summed E-state index contributed by atoms with van der Waals surface area (Å²) in [6, 6.07) is 0.00750. The minimum absolute atomic E-state index is 0.00750. The molecule has 200 valence electrons. The van der Waals surface area contributed by atoms with Crippen molar-refractivity contribution in [2.24, 2.45) is 32.5 Å². The molecule has 0 aromatic carbocycles. The molecular formula is C23H42N6O6. The lowest BCUT2D eigenvalue weighted by molar-refractivity contribution is -0.123. The van der Waals surface area contributed by atoms with E-state index in [1.807, 2.05) is 10.9 Å². The number of amides is 2. The number of carbonyl (C=O) groups excluding carboxylic acids is 4. The fourth-order valence-corrected chi connectivity index (χ4v) is 4.03. The van der Waals surface area contributed by atoms with E-state index in [1.165, 1.54) is 0 Å². The number of rotatable bonds is 12. The lowest BCUT2D eigenvalue weighted by Crippen LogP contribution is -2.39. The molecule has 7 N–H and O–H groups in total. The van der Waals surface area contributed by atoms with Crippen molar-refractivity contribution in [2.75, 3.05) is 26.4 Å². The first kappa shape index (κ1) is 34.4. The minimum atomic E-state index is -0.219. The lowest BCUT2D eigenvalue weighted by Gasteiger charge is -2.44. The summed E-state index contributed by atoms with van der Waals surface area (Å²) in [5.41, 5.74) is 4.06. The average molecular weight is 499 g/mol. The van der Waals surface area contributed by atoms with Crippen molar-refractivity contribution < 1.29 is 29.0 Å². The first-order chi connectivity index (χ1) is 16.5. The number of nitrogens with zero attached hydrogens (tertiary/aromatic N) is 2. The van der Waals surface area contributed by atoms with Crippen molar-refractivity contribution in [1.29, 1.82) is 0 Å². The Balaban J connectivity index is 0. The summed E-state index contributed by atoms with van der Waals surface area (Å²) in [6.07, 6.45) is 9.48. The van der Waals surface area contributed by atoms with Gasteiger partial charge in [0.25, 0.3) is 0 Å². The van der Waals surface area contributed by atoms with Crippen molar-refractivity contribution in [3.8, 4) is 0 Å². The molecule has 0 saturated heterocycles. The maximum absolute atomic E-state index is 10.6. The third kappa shape index (κ3) is 20.4. The maximum Gasteiger partial charge on any atom is 0.235 e. The molecule has 0 aliphatic heterocycles. The molecule has 1 aliphatic carbocycles. The van der Waals surface area contributed by atoms with Gasteiger partial charge in [0.2, 0.25) is 24.0 Å². The Morgan fingerprint density at radius 1 is 1.11 bits per heavy atom. The van der Waals surface area contributed by atoms with Gasteiger partial charge >= 0.3 is 0 Å². The SMILES string of the molecule is C=CCOCCO.CC1(C)CC(N=C=O)CC(C)(CN=C=O)C1.NNC(=O)CCCCC(=O)NN. The van der Waals surface area contributed by atoms with Crippen molar-refractivity contribution in [1.82, 2.24) is 10.9 Å². The molecule has 1 saturated carbocycles. The van der Waals surface area contributed by atoms with E-state index in [2.05, 4.69) is 37.3 Å². The fourth-order valence-electron chi connectivity index (χ4n) is 4.03. The number of hydrazine groups is 2. The molecule has 2 amide bonds. The van der Waals surface area contributed by atoms with Crippen LogP contribution in [0.15, 0.2) is 22.6 Å². The normalized spacial score (nSPS) is 19.7. The number of unbranched alkanes of at least 4 members (excludes halogenated alkanes) is 1. The van der Waals surface area contributed by atoms with E-state index in [0.29, 0.717) is 45.4 Å². The smallest absolute Gasteiger partial charge is 0.235 e. The van der Waals surface area contributed by atoms with E-state index >= 15 is 0 Å². The molecule has 1 rings (SSSR count). The molecule has 2 unspecified atom stereocenters. The molecule has 0 spiro atoms. The van der Waals surface area contributed by atoms with Crippen LogP contribution in [0.4, 0.5) is 0 Å². The van der Waals surface area contributed by atoms with Crippen LogP contribution in [-0.4, -0.2) is 61.5 Å². The molecular weight excluding hydrogens is 456 g/mol. The zero-order valence-electron chi connectivity index (χ0n) is 21.2. The van der Waals surface area contributed by atoms with Crippen molar-refractivity contribution in [3.05, 3.63) is 12.7 Å². The van der Waals surface area contributed by atoms with Crippen molar-refractivity contribution >= 4 is 24.0 Å². The number of aliphatic imine (C=N–C) groups is 2. The standard InChI is InChI=1S/C12H18N2O2.C6H14N4O2.C5H10O2/c1-11(2)4-10(14-9-16)5-12(3,6-11)7-13-8-15;7-9-5(11)3-1-2-4-6(12)10-8;1-2-4-7-5-3-6/h10H,4-7H2,1-3H3;1-4,7-8H2,(H,9,11)(H,10,12);2,6H,1,3-5H2. The van der Waals surface area contributed by atoms with Crippen LogP contribution in [0.25, 0.3) is 0 Å². The monoisotopic (exact) mass is 498 g/mol. The van der Waals surface area contributed by atoms with Crippen molar-refractivity contribution in [3.63, 3.8) is 0 Å². The summed E-state index contributed by atoms with van der Waals surface area (Å²) in [5, 5.41) is 8.13. The van der Waals surface area contributed by atoms with E-state index in [-0.39, 0.29) is 35.3 Å². The van der Waals surface area contributed by atoms with E-state index < -0.39 is 0 Å². The molecule has 1 aliphatic rings. The van der Waals surface area contributed by atoms with Gasteiger partial charge in [-0.25, -0.2) is 31.3 Å². The van der Waals surface area contributed by atoms with Crippen LogP contribution in [0, 0.1) is 10.8 Å². The topological polar surface area (TPSA) is 199 Å². The molecule has 35 heavy (non-hydrogen) atoms. The van der Waals surface area contributed by atoms with Crippen LogP contribution in [-0.2, 0) is 23.9 Å². The minimum Gasteiger partial charge on any atom is -0.394 e. The highest BCUT2D eigenvalue weighted by molar-refractivity contribution is 5.76. The number of aliphatic hydroxyl groups is 1. The van der Waals surface area contributed by atoms with Crippen LogP contribution >= 0.6 is 0 Å². The largest absolute Gasteiger partial charge is 0.394 e. The van der Waals surface area contributed by atoms with Gasteiger partial charge in [0.05, 0.1) is 32.4 Å². The Hall–Kier alpha value is -2.72.